The van der Waals surface area contributed by atoms with Crippen LogP contribution in [-0.4, -0.2) is 34.1 Å². The van der Waals surface area contributed by atoms with E-state index in [-0.39, 0.29) is 18.5 Å². The van der Waals surface area contributed by atoms with Gasteiger partial charge in [-0.15, -0.1) is 0 Å². The highest BCUT2D eigenvalue weighted by Gasteiger charge is 2.49. The van der Waals surface area contributed by atoms with Crippen molar-refractivity contribution in [3.8, 4) is 0 Å². The van der Waals surface area contributed by atoms with E-state index < -0.39 is 12.1 Å². The van der Waals surface area contributed by atoms with Crippen LogP contribution in [0.5, 0.6) is 0 Å². The number of nitrogens with zero attached hydrogens (tertiary/aromatic N) is 1. The lowest BCUT2D eigenvalue weighted by Gasteiger charge is -2.54. The number of benzene rings is 1. The first-order valence-corrected chi connectivity index (χ1v) is 9.85. The van der Waals surface area contributed by atoms with Gasteiger partial charge in [-0.25, -0.2) is 4.79 Å². The molecule has 4 aliphatic rings. The van der Waals surface area contributed by atoms with Crippen molar-refractivity contribution in [2.75, 3.05) is 0 Å². The molecule has 0 aromatic heterocycles. The first-order chi connectivity index (χ1) is 12.5. The molecule has 26 heavy (non-hydrogen) atoms. The number of rotatable bonds is 5. The average molecular weight is 356 g/mol. The molecule has 1 aromatic carbocycles. The Labute approximate surface area is 154 Å². The number of carbonyl (C=O) groups is 2. The summed E-state index contributed by atoms with van der Waals surface area (Å²) in [5, 5.41) is 12.8. The highest BCUT2D eigenvalue weighted by Crippen LogP contribution is 2.53. The molecule has 1 atom stereocenters. The van der Waals surface area contributed by atoms with Gasteiger partial charge >= 0.3 is 6.09 Å². The van der Waals surface area contributed by atoms with Crippen molar-refractivity contribution in [1.82, 2.24) is 10.2 Å². The monoisotopic (exact) mass is 356 g/mol. The van der Waals surface area contributed by atoms with Gasteiger partial charge in [-0.1, -0.05) is 30.3 Å². The summed E-state index contributed by atoms with van der Waals surface area (Å²) in [5.41, 5.74) is 0.893. The molecule has 1 aromatic rings. The SMILES string of the molecule is C[C@H](C(=O)NC1C2CC3CC(C2)CC1C3)N(Cc1ccccc1)C(=O)O. The molecule has 2 amide bonds. The lowest BCUT2D eigenvalue weighted by Crippen LogP contribution is -2.58. The Morgan fingerprint density at radius 2 is 1.65 bits per heavy atom. The van der Waals surface area contributed by atoms with E-state index in [1.807, 2.05) is 30.3 Å². The number of hydrogen-bond acceptors (Lipinski definition) is 2. The van der Waals surface area contributed by atoms with Crippen LogP contribution >= 0.6 is 0 Å². The van der Waals surface area contributed by atoms with Crippen LogP contribution in [0.2, 0.25) is 0 Å². The molecule has 4 fully saturated rings. The zero-order valence-electron chi connectivity index (χ0n) is 15.3. The Bertz CT molecular complexity index is 647. The summed E-state index contributed by atoms with van der Waals surface area (Å²) >= 11 is 0. The van der Waals surface area contributed by atoms with E-state index in [1.54, 1.807) is 6.92 Å². The van der Waals surface area contributed by atoms with E-state index >= 15 is 0 Å². The molecule has 2 N–H and O–H groups in total. The molecule has 0 spiro atoms. The first kappa shape index (κ1) is 17.4. The zero-order chi connectivity index (χ0) is 18.3. The summed E-state index contributed by atoms with van der Waals surface area (Å²) in [6, 6.07) is 8.99. The molecule has 0 radical (unpaired) electrons. The maximum atomic E-state index is 12.9. The van der Waals surface area contributed by atoms with Gasteiger partial charge in [0.05, 0.1) is 0 Å². The average Bonchev–Trinajstić information content (AvgIpc) is 2.62. The second-order valence-electron chi connectivity index (χ2n) is 8.54. The quantitative estimate of drug-likeness (QED) is 0.848. The smallest absolute Gasteiger partial charge is 0.408 e. The molecular weight excluding hydrogens is 328 g/mol. The van der Waals surface area contributed by atoms with Crippen molar-refractivity contribution < 1.29 is 14.7 Å². The predicted octanol–water partition coefficient (Wildman–Crippen LogP) is 3.50. The van der Waals surface area contributed by atoms with Crippen LogP contribution in [0.15, 0.2) is 30.3 Å². The molecule has 0 unspecified atom stereocenters. The summed E-state index contributed by atoms with van der Waals surface area (Å²) in [7, 11) is 0. The number of carbonyl (C=O) groups excluding carboxylic acids is 1. The van der Waals surface area contributed by atoms with Crippen LogP contribution in [0.3, 0.4) is 0 Å². The lowest BCUT2D eigenvalue weighted by atomic mass is 9.54. The summed E-state index contributed by atoms with van der Waals surface area (Å²) in [6.45, 7) is 1.93. The molecular formula is C21H28N2O3. The minimum absolute atomic E-state index is 0.152. The van der Waals surface area contributed by atoms with Crippen molar-refractivity contribution in [1.29, 1.82) is 0 Å². The highest BCUT2D eigenvalue weighted by atomic mass is 16.4. The summed E-state index contributed by atoms with van der Waals surface area (Å²) in [5.74, 6) is 2.75. The summed E-state index contributed by atoms with van der Waals surface area (Å²) < 4.78 is 0. The Kier molecular flexibility index (Phi) is 4.63. The second-order valence-corrected chi connectivity index (χ2v) is 8.54. The van der Waals surface area contributed by atoms with Crippen LogP contribution < -0.4 is 5.32 Å². The van der Waals surface area contributed by atoms with E-state index in [0.717, 1.165) is 17.4 Å². The maximum Gasteiger partial charge on any atom is 0.408 e. The van der Waals surface area contributed by atoms with Gasteiger partial charge in [-0.05, 0) is 68.3 Å². The molecule has 5 rings (SSSR count). The molecule has 0 heterocycles. The molecule has 5 heteroatoms. The van der Waals surface area contributed by atoms with Gasteiger partial charge in [0.1, 0.15) is 6.04 Å². The fourth-order valence-electron chi connectivity index (χ4n) is 5.74. The van der Waals surface area contributed by atoms with Crippen molar-refractivity contribution in [3.63, 3.8) is 0 Å². The van der Waals surface area contributed by atoms with Gasteiger partial charge in [0.25, 0.3) is 0 Å². The number of hydrogen-bond donors (Lipinski definition) is 2. The fraction of sp³-hybridized carbons (Fsp3) is 0.619. The molecule has 140 valence electrons. The molecule has 5 nitrogen and oxygen atoms in total. The standard InChI is InChI=1S/C21H28N2O3/c1-13(23(21(25)26)12-14-5-3-2-4-6-14)20(24)22-19-17-8-15-7-16(10-17)11-18(19)9-15/h2-6,13,15-19H,7-12H2,1H3,(H,22,24)(H,25,26)/t13-,15?,16?,17?,18?,19?/m1/s1. The van der Waals surface area contributed by atoms with E-state index in [1.165, 1.54) is 37.0 Å². The largest absolute Gasteiger partial charge is 0.465 e. The van der Waals surface area contributed by atoms with Gasteiger partial charge < -0.3 is 10.4 Å². The van der Waals surface area contributed by atoms with Crippen LogP contribution in [0.1, 0.15) is 44.6 Å². The van der Waals surface area contributed by atoms with Crippen LogP contribution in [-0.2, 0) is 11.3 Å². The van der Waals surface area contributed by atoms with Gasteiger partial charge in [0, 0.05) is 12.6 Å². The van der Waals surface area contributed by atoms with Gasteiger partial charge in [-0.2, -0.15) is 0 Å². The first-order valence-electron chi connectivity index (χ1n) is 9.85. The molecule has 0 saturated heterocycles. The molecule has 0 aliphatic heterocycles. The summed E-state index contributed by atoms with van der Waals surface area (Å²) in [4.78, 5) is 25.8. The summed E-state index contributed by atoms with van der Waals surface area (Å²) in [6.07, 6.45) is 5.27. The van der Waals surface area contributed by atoms with Crippen molar-refractivity contribution in [3.05, 3.63) is 35.9 Å². The second kappa shape index (κ2) is 6.93. The Morgan fingerprint density at radius 3 is 2.19 bits per heavy atom. The number of carboxylic acid groups (broad SMARTS) is 1. The van der Waals surface area contributed by atoms with Crippen molar-refractivity contribution in [2.45, 2.75) is 57.7 Å². The maximum absolute atomic E-state index is 12.9. The van der Waals surface area contributed by atoms with Crippen molar-refractivity contribution in [2.24, 2.45) is 23.7 Å². The third-order valence-electron chi connectivity index (χ3n) is 6.82. The third-order valence-corrected chi connectivity index (χ3v) is 6.82. The van der Waals surface area contributed by atoms with Crippen molar-refractivity contribution >= 4 is 12.0 Å². The van der Waals surface area contributed by atoms with Crippen LogP contribution in [0, 0.1) is 23.7 Å². The van der Waals surface area contributed by atoms with Crippen LogP contribution in [0.25, 0.3) is 0 Å². The topological polar surface area (TPSA) is 69.6 Å². The van der Waals surface area contributed by atoms with E-state index in [0.29, 0.717) is 11.8 Å². The predicted molar refractivity (Wildman–Crippen MR) is 98.4 cm³/mol. The minimum atomic E-state index is -1.05. The normalized spacial score (nSPS) is 32.9. The van der Waals surface area contributed by atoms with Gasteiger partial charge in [0.15, 0.2) is 0 Å². The molecule has 4 bridgehead atoms. The Balaban J connectivity index is 1.42. The van der Waals surface area contributed by atoms with E-state index in [4.69, 9.17) is 0 Å². The van der Waals surface area contributed by atoms with Gasteiger partial charge in [-0.3, -0.25) is 9.69 Å². The number of amides is 2. The third kappa shape index (κ3) is 3.31. The minimum Gasteiger partial charge on any atom is -0.465 e. The van der Waals surface area contributed by atoms with E-state index in [9.17, 15) is 14.7 Å². The number of nitrogens with one attached hydrogen (secondary N) is 1. The highest BCUT2D eigenvalue weighted by molar-refractivity contribution is 5.85. The fourth-order valence-corrected chi connectivity index (χ4v) is 5.74. The van der Waals surface area contributed by atoms with E-state index in [2.05, 4.69) is 5.32 Å². The zero-order valence-corrected chi connectivity index (χ0v) is 15.3. The molecule has 4 aliphatic carbocycles. The lowest BCUT2D eigenvalue weighted by molar-refractivity contribution is -0.129. The molecule has 4 saturated carbocycles. The van der Waals surface area contributed by atoms with Crippen LogP contribution in [0.4, 0.5) is 4.79 Å². The Morgan fingerprint density at radius 1 is 1.08 bits per heavy atom. The Hall–Kier alpha value is -2.04. The van der Waals surface area contributed by atoms with Gasteiger partial charge in [0.2, 0.25) is 5.91 Å².